The van der Waals surface area contributed by atoms with Crippen LogP contribution >= 0.6 is 35.6 Å². The number of hydrogen-bond acceptors (Lipinski definition) is 2. The van der Waals surface area contributed by atoms with Crippen molar-refractivity contribution >= 4 is 41.5 Å². The first-order chi connectivity index (χ1) is 12.8. The lowest BCUT2D eigenvalue weighted by atomic mass is 10.1. The SMILES string of the molecule is CN=C(NCCc1ccccc1Cl)NCc1cccc(-n2cccn2)c1.I. The zero-order valence-electron chi connectivity index (χ0n) is 15.1. The quantitative estimate of drug-likeness (QED) is 0.308. The molecule has 0 aliphatic carbocycles. The number of benzene rings is 2. The molecule has 7 heteroatoms. The zero-order valence-corrected chi connectivity index (χ0v) is 18.2. The van der Waals surface area contributed by atoms with Gasteiger partial charge in [0, 0.05) is 37.6 Å². The van der Waals surface area contributed by atoms with Crippen molar-refractivity contribution in [3.05, 3.63) is 83.1 Å². The summed E-state index contributed by atoms with van der Waals surface area (Å²) in [5.41, 5.74) is 3.33. The highest BCUT2D eigenvalue weighted by Crippen LogP contribution is 2.14. The summed E-state index contributed by atoms with van der Waals surface area (Å²) in [5.74, 6) is 0.765. The minimum atomic E-state index is 0. The number of hydrogen-bond donors (Lipinski definition) is 2. The molecule has 2 aromatic carbocycles. The van der Waals surface area contributed by atoms with Gasteiger partial charge < -0.3 is 10.6 Å². The van der Waals surface area contributed by atoms with E-state index in [0.717, 1.165) is 40.8 Å². The van der Waals surface area contributed by atoms with Crippen LogP contribution in [0.1, 0.15) is 11.1 Å². The number of nitrogens with zero attached hydrogens (tertiary/aromatic N) is 3. The van der Waals surface area contributed by atoms with Gasteiger partial charge in [-0.2, -0.15) is 5.10 Å². The molecule has 0 radical (unpaired) electrons. The van der Waals surface area contributed by atoms with Crippen LogP contribution < -0.4 is 10.6 Å². The summed E-state index contributed by atoms with van der Waals surface area (Å²) in [6.45, 7) is 1.44. The second-order valence-electron chi connectivity index (χ2n) is 5.81. The van der Waals surface area contributed by atoms with Crippen LogP contribution in [0.25, 0.3) is 5.69 Å². The average Bonchev–Trinajstić information content (AvgIpc) is 3.21. The van der Waals surface area contributed by atoms with E-state index in [4.69, 9.17) is 11.6 Å². The van der Waals surface area contributed by atoms with Gasteiger partial charge in [-0.05, 0) is 41.8 Å². The number of rotatable bonds is 6. The summed E-state index contributed by atoms with van der Waals surface area (Å²) in [6, 6.07) is 18.1. The Labute approximate surface area is 181 Å². The molecule has 0 aliphatic rings. The first-order valence-corrected chi connectivity index (χ1v) is 8.91. The molecule has 142 valence electrons. The van der Waals surface area contributed by atoms with Gasteiger partial charge in [0.1, 0.15) is 0 Å². The van der Waals surface area contributed by atoms with Crippen LogP contribution in [-0.2, 0) is 13.0 Å². The zero-order chi connectivity index (χ0) is 18.2. The number of aromatic nitrogens is 2. The molecule has 1 heterocycles. The Hall–Kier alpha value is -2.06. The predicted octanol–water partition coefficient (Wildman–Crippen LogP) is 4.05. The van der Waals surface area contributed by atoms with E-state index in [1.54, 1.807) is 13.2 Å². The molecule has 0 amide bonds. The summed E-state index contributed by atoms with van der Waals surface area (Å²) in [7, 11) is 1.77. The number of nitrogens with one attached hydrogen (secondary N) is 2. The van der Waals surface area contributed by atoms with Crippen LogP contribution in [-0.4, -0.2) is 29.3 Å². The molecule has 0 spiro atoms. The monoisotopic (exact) mass is 495 g/mol. The highest BCUT2D eigenvalue weighted by atomic mass is 127. The van der Waals surface area contributed by atoms with Gasteiger partial charge in [-0.25, -0.2) is 4.68 Å². The molecular formula is C20H23ClIN5. The summed E-state index contributed by atoms with van der Waals surface area (Å²) in [5, 5.41) is 11.7. The van der Waals surface area contributed by atoms with Crippen molar-refractivity contribution < 1.29 is 0 Å². The maximum absolute atomic E-state index is 6.19. The molecule has 0 atom stereocenters. The van der Waals surface area contributed by atoms with Gasteiger partial charge in [0.15, 0.2) is 5.96 Å². The van der Waals surface area contributed by atoms with Crippen molar-refractivity contribution in [2.45, 2.75) is 13.0 Å². The Balaban J connectivity index is 0.00000261. The van der Waals surface area contributed by atoms with Gasteiger partial charge in [0.2, 0.25) is 0 Å². The molecule has 3 rings (SSSR count). The van der Waals surface area contributed by atoms with Crippen LogP contribution in [0.3, 0.4) is 0 Å². The number of halogens is 2. The van der Waals surface area contributed by atoms with Crippen LogP contribution in [0.15, 0.2) is 72.0 Å². The van der Waals surface area contributed by atoms with Crippen molar-refractivity contribution in [2.75, 3.05) is 13.6 Å². The van der Waals surface area contributed by atoms with E-state index in [1.165, 1.54) is 0 Å². The summed E-state index contributed by atoms with van der Waals surface area (Å²) in [4.78, 5) is 4.27. The summed E-state index contributed by atoms with van der Waals surface area (Å²) < 4.78 is 1.85. The number of guanidine groups is 1. The molecule has 0 fully saturated rings. The third-order valence-electron chi connectivity index (χ3n) is 4.01. The van der Waals surface area contributed by atoms with Crippen molar-refractivity contribution in [1.82, 2.24) is 20.4 Å². The maximum atomic E-state index is 6.19. The molecule has 0 saturated heterocycles. The Kier molecular flexibility index (Phi) is 8.60. The molecule has 2 N–H and O–H groups in total. The van der Waals surface area contributed by atoms with Crippen LogP contribution in [0.5, 0.6) is 0 Å². The van der Waals surface area contributed by atoms with E-state index in [-0.39, 0.29) is 24.0 Å². The van der Waals surface area contributed by atoms with E-state index in [2.05, 4.69) is 32.9 Å². The smallest absolute Gasteiger partial charge is 0.191 e. The standard InChI is InChI=1S/C20H22ClN5.HI/c1-22-20(23-12-10-17-7-2-3-9-19(17)21)24-15-16-6-4-8-18(14-16)26-13-5-11-25-26;/h2-9,11,13-14H,10,12,15H2,1H3,(H2,22,23,24);1H. The largest absolute Gasteiger partial charge is 0.356 e. The Morgan fingerprint density at radius 2 is 1.96 bits per heavy atom. The van der Waals surface area contributed by atoms with E-state index in [0.29, 0.717) is 6.54 Å². The molecule has 27 heavy (non-hydrogen) atoms. The van der Waals surface area contributed by atoms with Crippen LogP contribution in [0, 0.1) is 0 Å². The third-order valence-corrected chi connectivity index (χ3v) is 4.38. The second kappa shape index (κ2) is 10.9. The average molecular weight is 496 g/mol. The molecular weight excluding hydrogens is 473 g/mol. The van der Waals surface area contributed by atoms with Gasteiger partial charge in [0.05, 0.1) is 5.69 Å². The van der Waals surface area contributed by atoms with Gasteiger partial charge >= 0.3 is 0 Å². The van der Waals surface area contributed by atoms with Crippen molar-refractivity contribution in [1.29, 1.82) is 0 Å². The second-order valence-corrected chi connectivity index (χ2v) is 6.22. The Morgan fingerprint density at radius 1 is 1.11 bits per heavy atom. The van der Waals surface area contributed by atoms with Crippen molar-refractivity contribution in [3.63, 3.8) is 0 Å². The van der Waals surface area contributed by atoms with Gasteiger partial charge in [-0.15, -0.1) is 24.0 Å². The highest BCUT2D eigenvalue weighted by Gasteiger charge is 2.02. The Morgan fingerprint density at radius 3 is 2.70 bits per heavy atom. The Bertz CT molecular complexity index is 864. The predicted molar refractivity (Wildman–Crippen MR) is 122 cm³/mol. The highest BCUT2D eigenvalue weighted by molar-refractivity contribution is 14.0. The molecule has 0 bridgehead atoms. The molecule has 0 saturated carbocycles. The minimum absolute atomic E-state index is 0. The normalized spacial score (nSPS) is 11.0. The third kappa shape index (κ3) is 6.25. The molecule has 0 aliphatic heterocycles. The molecule has 5 nitrogen and oxygen atoms in total. The molecule has 3 aromatic rings. The topological polar surface area (TPSA) is 54.2 Å². The van der Waals surface area contributed by atoms with E-state index in [9.17, 15) is 0 Å². The lowest BCUT2D eigenvalue weighted by Crippen LogP contribution is -2.37. The van der Waals surface area contributed by atoms with Crippen molar-refractivity contribution in [2.24, 2.45) is 4.99 Å². The van der Waals surface area contributed by atoms with Gasteiger partial charge in [-0.1, -0.05) is 41.9 Å². The summed E-state index contributed by atoms with van der Waals surface area (Å²) >= 11 is 6.19. The fourth-order valence-corrected chi connectivity index (χ4v) is 2.88. The lowest BCUT2D eigenvalue weighted by Gasteiger charge is -2.13. The van der Waals surface area contributed by atoms with E-state index >= 15 is 0 Å². The van der Waals surface area contributed by atoms with Crippen molar-refractivity contribution in [3.8, 4) is 5.69 Å². The molecule has 1 aromatic heterocycles. The fraction of sp³-hybridized carbons (Fsp3) is 0.200. The first-order valence-electron chi connectivity index (χ1n) is 8.53. The van der Waals surface area contributed by atoms with Crippen LogP contribution in [0.2, 0.25) is 5.02 Å². The molecule has 0 unspecified atom stereocenters. The number of aliphatic imine (C=N–C) groups is 1. The van der Waals surface area contributed by atoms with Crippen LogP contribution in [0.4, 0.5) is 0 Å². The summed E-state index contributed by atoms with van der Waals surface area (Å²) in [6.07, 6.45) is 4.55. The van der Waals surface area contributed by atoms with Gasteiger partial charge in [0.25, 0.3) is 0 Å². The lowest BCUT2D eigenvalue weighted by molar-refractivity contribution is 0.793. The first kappa shape index (κ1) is 21.2. The fourth-order valence-electron chi connectivity index (χ4n) is 2.65. The van der Waals surface area contributed by atoms with E-state index in [1.807, 2.05) is 53.3 Å². The van der Waals surface area contributed by atoms with E-state index < -0.39 is 0 Å². The maximum Gasteiger partial charge on any atom is 0.191 e. The minimum Gasteiger partial charge on any atom is -0.356 e. The van der Waals surface area contributed by atoms with Gasteiger partial charge in [-0.3, -0.25) is 4.99 Å².